The van der Waals surface area contributed by atoms with Crippen LogP contribution in [0.25, 0.3) is 0 Å². The molecule has 0 bridgehead atoms. The summed E-state index contributed by atoms with van der Waals surface area (Å²) in [5.41, 5.74) is -0.401. The van der Waals surface area contributed by atoms with E-state index in [4.69, 9.17) is 0 Å². The maximum Gasteiger partial charge on any atom is 0.105 e. The van der Waals surface area contributed by atoms with Gasteiger partial charge in [0.1, 0.15) is 5.54 Å². The summed E-state index contributed by atoms with van der Waals surface area (Å²) in [5.74, 6) is 0. The predicted octanol–water partition coefficient (Wildman–Crippen LogP) is 1.83. The summed E-state index contributed by atoms with van der Waals surface area (Å²) in [6.07, 6.45) is 6.54. The van der Waals surface area contributed by atoms with Crippen molar-refractivity contribution in [2.24, 2.45) is 0 Å². The molecule has 0 amide bonds. The molecule has 2 atom stereocenters. The smallest absolute Gasteiger partial charge is 0.105 e. The Morgan fingerprint density at radius 1 is 1.25 bits per heavy atom. The predicted molar refractivity (Wildman–Crippen MR) is 82.6 cm³/mol. The summed E-state index contributed by atoms with van der Waals surface area (Å²) >= 11 is 0. The highest BCUT2D eigenvalue weighted by molar-refractivity contribution is 5.04. The summed E-state index contributed by atoms with van der Waals surface area (Å²) in [4.78, 5) is 5.25. The van der Waals surface area contributed by atoms with Crippen molar-refractivity contribution in [2.75, 3.05) is 33.2 Å². The van der Waals surface area contributed by atoms with Gasteiger partial charge in [0.05, 0.1) is 6.07 Å². The minimum absolute atomic E-state index is 0.401. The van der Waals surface area contributed by atoms with Crippen LogP contribution in [0, 0.1) is 11.3 Å². The third kappa shape index (κ3) is 3.72. The van der Waals surface area contributed by atoms with Crippen LogP contribution in [0.15, 0.2) is 0 Å². The highest BCUT2D eigenvalue weighted by Gasteiger charge is 2.31. The van der Waals surface area contributed by atoms with Crippen molar-refractivity contribution in [1.29, 1.82) is 5.26 Å². The lowest BCUT2D eigenvalue weighted by Gasteiger charge is -2.42. The molecule has 4 nitrogen and oxygen atoms in total. The number of piperazine rings is 1. The zero-order valence-corrected chi connectivity index (χ0v) is 13.4. The first-order chi connectivity index (χ1) is 9.58. The van der Waals surface area contributed by atoms with Crippen LogP contribution in [-0.2, 0) is 0 Å². The standard InChI is InChI=1S/C16H30N4/c1-14(12-16(2,13-17)18-3)19-8-10-20(11-9-19)15-6-4-5-7-15/h14-15,18H,4-12H2,1-3H3. The van der Waals surface area contributed by atoms with Crippen molar-refractivity contribution >= 4 is 0 Å². The average molecular weight is 278 g/mol. The normalized spacial score (nSPS) is 27.1. The van der Waals surface area contributed by atoms with Crippen molar-refractivity contribution in [1.82, 2.24) is 15.1 Å². The third-order valence-corrected chi connectivity index (χ3v) is 5.32. The van der Waals surface area contributed by atoms with Gasteiger partial charge in [0, 0.05) is 38.3 Å². The van der Waals surface area contributed by atoms with E-state index in [-0.39, 0.29) is 0 Å². The second-order valence-electron chi connectivity index (χ2n) is 6.76. The first-order valence-corrected chi connectivity index (χ1v) is 8.16. The Morgan fingerprint density at radius 2 is 1.85 bits per heavy atom. The fraction of sp³-hybridized carbons (Fsp3) is 0.938. The number of hydrogen-bond acceptors (Lipinski definition) is 4. The summed E-state index contributed by atoms with van der Waals surface area (Å²) in [7, 11) is 1.88. The van der Waals surface area contributed by atoms with Gasteiger partial charge in [0.15, 0.2) is 0 Å². The molecule has 2 fully saturated rings. The average Bonchev–Trinajstić information content (AvgIpc) is 3.01. The van der Waals surface area contributed by atoms with E-state index in [1.54, 1.807) is 0 Å². The zero-order valence-electron chi connectivity index (χ0n) is 13.4. The van der Waals surface area contributed by atoms with E-state index in [9.17, 15) is 5.26 Å². The first-order valence-electron chi connectivity index (χ1n) is 8.16. The Bertz CT molecular complexity index is 337. The molecular formula is C16H30N4. The fourth-order valence-electron chi connectivity index (χ4n) is 3.74. The van der Waals surface area contributed by atoms with E-state index in [1.807, 2.05) is 14.0 Å². The topological polar surface area (TPSA) is 42.3 Å². The molecular weight excluding hydrogens is 248 g/mol. The quantitative estimate of drug-likeness (QED) is 0.833. The number of nitriles is 1. The molecule has 0 aromatic heterocycles. The van der Waals surface area contributed by atoms with Crippen LogP contribution < -0.4 is 5.32 Å². The van der Waals surface area contributed by atoms with E-state index in [0.717, 1.165) is 25.6 Å². The van der Waals surface area contributed by atoms with Crippen molar-refractivity contribution in [3.63, 3.8) is 0 Å². The summed E-state index contributed by atoms with van der Waals surface area (Å²) < 4.78 is 0. The summed E-state index contributed by atoms with van der Waals surface area (Å²) in [6, 6.07) is 3.73. The number of nitrogens with one attached hydrogen (secondary N) is 1. The van der Waals surface area contributed by atoms with E-state index in [2.05, 4.69) is 28.1 Å². The molecule has 2 unspecified atom stereocenters. The summed E-state index contributed by atoms with van der Waals surface area (Å²) in [6.45, 7) is 8.98. The Balaban J connectivity index is 1.79. The third-order valence-electron chi connectivity index (χ3n) is 5.32. The maximum atomic E-state index is 9.28. The molecule has 1 N–H and O–H groups in total. The molecule has 4 heteroatoms. The second-order valence-corrected chi connectivity index (χ2v) is 6.76. The molecule has 1 aliphatic carbocycles. The monoisotopic (exact) mass is 278 g/mol. The van der Waals surface area contributed by atoms with Gasteiger partial charge in [-0.05, 0) is 40.2 Å². The van der Waals surface area contributed by atoms with Gasteiger partial charge in [-0.3, -0.25) is 9.80 Å². The molecule has 2 rings (SSSR count). The van der Waals surface area contributed by atoms with Crippen LogP contribution in [0.5, 0.6) is 0 Å². The van der Waals surface area contributed by atoms with Gasteiger partial charge in [0.25, 0.3) is 0 Å². The highest BCUT2D eigenvalue weighted by Crippen LogP contribution is 2.25. The molecule has 20 heavy (non-hydrogen) atoms. The van der Waals surface area contributed by atoms with Gasteiger partial charge in [-0.1, -0.05) is 12.8 Å². The molecule has 114 valence electrons. The van der Waals surface area contributed by atoms with Crippen molar-refractivity contribution in [2.45, 2.75) is 63.6 Å². The molecule has 0 radical (unpaired) electrons. The van der Waals surface area contributed by atoms with Crippen molar-refractivity contribution in [3.8, 4) is 6.07 Å². The Kier molecular flexibility index (Phi) is 5.42. The van der Waals surface area contributed by atoms with Gasteiger partial charge in [-0.25, -0.2) is 0 Å². The van der Waals surface area contributed by atoms with Crippen LogP contribution >= 0.6 is 0 Å². The Hall–Kier alpha value is -0.630. The SMILES string of the molecule is CNC(C)(C#N)CC(C)N1CCN(C2CCCC2)CC1. The molecule has 2 aliphatic rings. The van der Waals surface area contributed by atoms with E-state index >= 15 is 0 Å². The molecule has 1 heterocycles. The molecule has 0 spiro atoms. The number of rotatable bonds is 5. The van der Waals surface area contributed by atoms with Gasteiger partial charge in [0.2, 0.25) is 0 Å². The molecule has 0 aromatic rings. The van der Waals surface area contributed by atoms with Gasteiger partial charge in [-0.15, -0.1) is 0 Å². The van der Waals surface area contributed by atoms with Crippen LogP contribution in [0.1, 0.15) is 46.0 Å². The molecule has 0 aromatic carbocycles. The van der Waals surface area contributed by atoms with E-state index in [1.165, 1.54) is 38.8 Å². The van der Waals surface area contributed by atoms with Crippen LogP contribution in [-0.4, -0.2) is 60.6 Å². The second kappa shape index (κ2) is 6.89. The first kappa shape index (κ1) is 15.8. The zero-order chi connectivity index (χ0) is 14.6. The van der Waals surface area contributed by atoms with Gasteiger partial charge >= 0.3 is 0 Å². The number of hydrogen-bond donors (Lipinski definition) is 1. The van der Waals surface area contributed by atoms with Crippen molar-refractivity contribution in [3.05, 3.63) is 0 Å². The lowest BCUT2D eigenvalue weighted by atomic mass is 9.94. The minimum Gasteiger partial charge on any atom is -0.303 e. The Labute approximate surface area is 124 Å². The Morgan fingerprint density at radius 3 is 2.35 bits per heavy atom. The van der Waals surface area contributed by atoms with Crippen LogP contribution in [0.4, 0.5) is 0 Å². The van der Waals surface area contributed by atoms with Crippen LogP contribution in [0.2, 0.25) is 0 Å². The lowest BCUT2D eigenvalue weighted by Crippen LogP contribution is -2.54. The van der Waals surface area contributed by atoms with Crippen molar-refractivity contribution < 1.29 is 0 Å². The van der Waals surface area contributed by atoms with Crippen LogP contribution in [0.3, 0.4) is 0 Å². The fourth-order valence-corrected chi connectivity index (χ4v) is 3.74. The van der Waals surface area contributed by atoms with Gasteiger partial charge < -0.3 is 5.32 Å². The maximum absolute atomic E-state index is 9.28. The highest BCUT2D eigenvalue weighted by atomic mass is 15.3. The molecule has 1 saturated heterocycles. The lowest BCUT2D eigenvalue weighted by molar-refractivity contribution is 0.0674. The largest absolute Gasteiger partial charge is 0.303 e. The minimum atomic E-state index is -0.401. The van der Waals surface area contributed by atoms with E-state index in [0.29, 0.717) is 6.04 Å². The summed E-state index contributed by atoms with van der Waals surface area (Å²) in [5, 5.41) is 12.4. The van der Waals surface area contributed by atoms with Gasteiger partial charge in [-0.2, -0.15) is 5.26 Å². The number of nitrogens with zero attached hydrogens (tertiary/aromatic N) is 3. The van der Waals surface area contributed by atoms with E-state index < -0.39 is 5.54 Å². The molecule has 1 aliphatic heterocycles. The molecule has 1 saturated carbocycles.